The number of benzene rings is 2. The van der Waals surface area contributed by atoms with Crippen LogP contribution >= 0.6 is 0 Å². The summed E-state index contributed by atoms with van der Waals surface area (Å²) in [6.45, 7) is 11.0. The average Bonchev–Trinajstić information content (AvgIpc) is 3.16. The van der Waals surface area contributed by atoms with Gasteiger partial charge in [-0.05, 0) is 66.8 Å². The van der Waals surface area contributed by atoms with E-state index in [0.717, 1.165) is 51.0 Å². The zero-order valence-corrected chi connectivity index (χ0v) is 20.0. The predicted octanol–water partition coefficient (Wildman–Crippen LogP) is 7.88. The van der Waals surface area contributed by atoms with Crippen LogP contribution in [-0.2, 0) is 11.8 Å². The van der Waals surface area contributed by atoms with Crippen molar-refractivity contribution in [3.8, 4) is 11.3 Å². The fourth-order valence-corrected chi connectivity index (χ4v) is 4.71. The van der Waals surface area contributed by atoms with Crippen LogP contribution in [0.5, 0.6) is 0 Å². The van der Waals surface area contributed by atoms with Crippen LogP contribution in [0.4, 0.5) is 0 Å². The molecule has 0 saturated carbocycles. The lowest BCUT2D eigenvalue weighted by molar-refractivity contribution is 0.587. The molecular weight excluding hydrogens is 404 g/mol. The summed E-state index contributed by atoms with van der Waals surface area (Å²) >= 11 is 0. The lowest BCUT2D eigenvalue weighted by Gasteiger charge is -2.25. The van der Waals surface area contributed by atoms with Crippen molar-refractivity contribution in [2.75, 3.05) is 0 Å². The molecule has 3 nitrogen and oxygen atoms in total. The number of aromatic nitrogens is 2. The average molecular weight is 435 g/mol. The zero-order valence-electron chi connectivity index (χ0n) is 20.0. The molecule has 166 valence electrons. The normalized spacial score (nSPS) is 12.2. The zero-order chi connectivity index (χ0) is 23.2. The van der Waals surface area contributed by atoms with Gasteiger partial charge in [0, 0.05) is 33.6 Å². The molecule has 3 aromatic heterocycles. The fourth-order valence-electron chi connectivity index (χ4n) is 4.71. The monoisotopic (exact) mass is 434 g/mol. The SMILES string of the molecule is Cc1cc2c(oc3ccc(-c4cc(CC(C)C)ccn4)cc32)c(C(C)(C)c2ccccc2)n1. The summed E-state index contributed by atoms with van der Waals surface area (Å²) in [7, 11) is 0. The first-order valence-electron chi connectivity index (χ1n) is 11.7. The van der Waals surface area contributed by atoms with E-state index in [1.54, 1.807) is 0 Å². The topological polar surface area (TPSA) is 38.9 Å². The van der Waals surface area contributed by atoms with Crippen molar-refractivity contribution < 1.29 is 4.42 Å². The maximum absolute atomic E-state index is 6.43. The van der Waals surface area contributed by atoms with E-state index in [9.17, 15) is 0 Å². The van der Waals surface area contributed by atoms with E-state index in [1.807, 2.05) is 12.3 Å². The van der Waals surface area contributed by atoms with E-state index in [0.29, 0.717) is 5.92 Å². The highest BCUT2D eigenvalue weighted by molar-refractivity contribution is 6.07. The Hall–Kier alpha value is -3.46. The van der Waals surface area contributed by atoms with Gasteiger partial charge < -0.3 is 4.42 Å². The number of hydrogen-bond acceptors (Lipinski definition) is 3. The Balaban J connectivity index is 1.68. The Bertz CT molecular complexity index is 1440. The molecule has 0 amide bonds. The van der Waals surface area contributed by atoms with Crippen molar-refractivity contribution in [2.24, 2.45) is 5.92 Å². The van der Waals surface area contributed by atoms with E-state index in [-0.39, 0.29) is 5.41 Å². The van der Waals surface area contributed by atoms with Gasteiger partial charge in [-0.25, -0.2) is 0 Å². The second-order valence-electron chi connectivity index (χ2n) is 9.94. The van der Waals surface area contributed by atoms with Gasteiger partial charge in [-0.2, -0.15) is 0 Å². The molecule has 0 N–H and O–H groups in total. The first kappa shape index (κ1) is 21.4. The molecule has 0 fully saturated rings. The summed E-state index contributed by atoms with van der Waals surface area (Å²) in [4.78, 5) is 9.62. The molecule has 0 unspecified atom stereocenters. The molecule has 0 radical (unpaired) electrons. The highest BCUT2D eigenvalue weighted by Crippen LogP contribution is 2.40. The number of pyridine rings is 2. The number of fused-ring (bicyclic) bond motifs is 3. The minimum atomic E-state index is -0.283. The van der Waals surface area contributed by atoms with Crippen LogP contribution in [0, 0.1) is 12.8 Å². The van der Waals surface area contributed by atoms with Gasteiger partial charge in [0.05, 0.1) is 11.4 Å². The van der Waals surface area contributed by atoms with E-state index in [4.69, 9.17) is 9.40 Å². The minimum absolute atomic E-state index is 0.283. The molecule has 5 aromatic rings. The van der Waals surface area contributed by atoms with Crippen LogP contribution in [0.1, 0.15) is 50.2 Å². The fraction of sp³-hybridized carbons (Fsp3) is 0.267. The van der Waals surface area contributed by atoms with Gasteiger partial charge in [0.1, 0.15) is 5.58 Å². The molecule has 0 spiro atoms. The molecule has 2 aromatic carbocycles. The summed E-state index contributed by atoms with van der Waals surface area (Å²) in [5.41, 5.74) is 8.07. The van der Waals surface area contributed by atoms with Gasteiger partial charge in [-0.3, -0.25) is 9.97 Å². The van der Waals surface area contributed by atoms with Crippen molar-refractivity contribution in [3.63, 3.8) is 0 Å². The number of aryl methyl sites for hydroxylation is 1. The van der Waals surface area contributed by atoms with Crippen LogP contribution < -0.4 is 0 Å². The molecule has 0 saturated heterocycles. The van der Waals surface area contributed by atoms with Crippen molar-refractivity contribution in [3.05, 3.63) is 95.4 Å². The minimum Gasteiger partial charge on any atom is -0.454 e. The van der Waals surface area contributed by atoms with E-state index in [1.165, 1.54) is 11.1 Å². The third-order valence-electron chi connectivity index (χ3n) is 6.43. The summed E-state index contributed by atoms with van der Waals surface area (Å²) in [5.74, 6) is 0.613. The van der Waals surface area contributed by atoms with E-state index in [2.05, 4.69) is 100 Å². The quantitative estimate of drug-likeness (QED) is 0.282. The Labute approximate surface area is 195 Å². The molecular formula is C30H30N2O. The lowest BCUT2D eigenvalue weighted by Crippen LogP contribution is -2.21. The molecule has 0 aliphatic carbocycles. The maximum atomic E-state index is 6.43. The van der Waals surface area contributed by atoms with Gasteiger partial charge in [-0.15, -0.1) is 0 Å². The Kier molecular flexibility index (Phi) is 5.28. The Morgan fingerprint density at radius 3 is 2.45 bits per heavy atom. The first-order chi connectivity index (χ1) is 15.8. The van der Waals surface area contributed by atoms with Crippen LogP contribution in [-0.4, -0.2) is 9.97 Å². The van der Waals surface area contributed by atoms with Crippen molar-refractivity contribution in [1.29, 1.82) is 0 Å². The summed E-state index contributed by atoms with van der Waals surface area (Å²) < 4.78 is 6.43. The van der Waals surface area contributed by atoms with Crippen molar-refractivity contribution >= 4 is 21.9 Å². The number of nitrogens with zero attached hydrogens (tertiary/aromatic N) is 2. The molecule has 0 aliphatic heterocycles. The van der Waals surface area contributed by atoms with Crippen LogP contribution in [0.2, 0.25) is 0 Å². The molecule has 0 aliphatic rings. The predicted molar refractivity (Wildman–Crippen MR) is 137 cm³/mol. The lowest BCUT2D eigenvalue weighted by atomic mass is 9.80. The van der Waals surface area contributed by atoms with Crippen LogP contribution in [0.25, 0.3) is 33.2 Å². The standard InChI is InChI=1S/C30H30N2O/c1-19(2)15-21-13-14-31-26(17-21)22-11-12-27-24(18-22)25-16-20(3)32-29(28(25)33-27)30(4,5)23-9-7-6-8-10-23/h6-14,16-19H,15H2,1-5H3. The van der Waals surface area contributed by atoms with Gasteiger partial charge in [0.2, 0.25) is 0 Å². The number of rotatable bonds is 5. The molecule has 0 bridgehead atoms. The van der Waals surface area contributed by atoms with Crippen LogP contribution in [0.3, 0.4) is 0 Å². The molecule has 33 heavy (non-hydrogen) atoms. The van der Waals surface area contributed by atoms with Crippen LogP contribution in [0.15, 0.2) is 77.3 Å². The summed E-state index contributed by atoms with van der Waals surface area (Å²) in [6, 6.07) is 23.4. The molecule has 3 heteroatoms. The van der Waals surface area contributed by atoms with Gasteiger partial charge >= 0.3 is 0 Å². The first-order valence-corrected chi connectivity index (χ1v) is 11.7. The highest BCUT2D eigenvalue weighted by Gasteiger charge is 2.29. The number of furan rings is 1. The van der Waals surface area contributed by atoms with Crippen molar-refractivity contribution in [2.45, 2.75) is 46.5 Å². The third kappa shape index (κ3) is 3.93. The molecule has 0 atom stereocenters. The summed E-state index contributed by atoms with van der Waals surface area (Å²) in [6.07, 6.45) is 2.97. The Morgan fingerprint density at radius 1 is 0.909 bits per heavy atom. The largest absolute Gasteiger partial charge is 0.454 e. The van der Waals surface area contributed by atoms with Crippen molar-refractivity contribution in [1.82, 2.24) is 9.97 Å². The van der Waals surface area contributed by atoms with Gasteiger partial charge in [0.25, 0.3) is 0 Å². The smallest absolute Gasteiger partial charge is 0.157 e. The second-order valence-corrected chi connectivity index (χ2v) is 9.94. The van der Waals surface area contributed by atoms with E-state index < -0.39 is 0 Å². The Morgan fingerprint density at radius 2 is 1.70 bits per heavy atom. The maximum Gasteiger partial charge on any atom is 0.157 e. The molecule has 3 heterocycles. The van der Waals surface area contributed by atoms with Gasteiger partial charge in [0.15, 0.2) is 5.58 Å². The number of hydrogen-bond donors (Lipinski definition) is 0. The summed E-state index contributed by atoms with van der Waals surface area (Å²) in [5, 5.41) is 2.21. The molecule has 5 rings (SSSR count). The highest BCUT2D eigenvalue weighted by atomic mass is 16.3. The second kappa shape index (κ2) is 8.15. The van der Waals surface area contributed by atoms with Gasteiger partial charge in [-0.1, -0.05) is 58.0 Å². The van der Waals surface area contributed by atoms with E-state index >= 15 is 0 Å². The third-order valence-corrected chi connectivity index (χ3v) is 6.43.